The minimum absolute atomic E-state index is 0.0583. The van der Waals surface area contributed by atoms with Crippen LogP contribution in [0.3, 0.4) is 0 Å². The molecule has 2 heterocycles. The van der Waals surface area contributed by atoms with Gasteiger partial charge in [-0.3, -0.25) is 4.40 Å². The number of alkyl halides is 2. The molecule has 1 aliphatic rings. The van der Waals surface area contributed by atoms with E-state index in [1.807, 2.05) is 0 Å². The van der Waals surface area contributed by atoms with E-state index in [-0.39, 0.29) is 35.0 Å². The zero-order valence-corrected chi connectivity index (χ0v) is 16.9. The van der Waals surface area contributed by atoms with Crippen LogP contribution in [0.15, 0.2) is 30.5 Å². The molecule has 1 aliphatic carbocycles. The van der Waals surface area contributed by atoms with Gasteiger partial charge in [0.1, 0.15) is 18.2 Å². The van der Waals surface area contributed by atoms with Crippen molar-refractivity contribution >= 4 is 11.6 Å². The molecule has 0 bridgehead atoms. The molecular formula is C22H20F4N2O3. The van der Waals surface area contributed by atoms with Gasteiger partial charge < -0.3 is 9.47 Å². The van der Waals surface area contributed by atoms with Gasteiger partial charge in [-0.05, 0) is 37.6 Å². The van der Waals surface area contributed by atoms with Gasteiger partial charge in [-0.25, -0.2) is 27.3 Å². The Kier molecular flexibility index (Phi) is 5.36. The minimum Gasteiger partial charge on any atom is -0.485 e. The summed E-state index contributed by atoms with van der Waals surface area (Å²) in [6.45, 7) is 3.08. The summed E-state index contributed by atoms with van der Waals surface area (Å²) < 4.78 is 67.1. The summed E-state index contributed by atoms with van der Waals surface area (Å²) in [5.41, 5.74) is 0.874. The van der Waals surface area contributed by atoms with Crippen LogP contribution in [0.5, 0.6) is 5.75 Å². The molecule has 2 aromatic heterocycles. The zero-order chi connectivity index (χ0) is 22.3. The molecule has 0 saturated heterocycles. The topological polar surface area (TPSA) is 52.8 Å². The number of imidazole rings is 1. The Balaban J connectivity index is 1.77. The Bertz CT molecular complexity index is 1130. The number of benzene rings is 1. The number of pyridine rings is 1. The predicted molar refractivity (Wildman–Crippen MR) is 103 cm³/mol. The summed E-state index contributed by atoms with van der Waals surface area (Å²) in [4.78, 5) is 17.0. The monoisotopic (exact) mass is 436 g/mol. The lowest BCUT2D eigenvalue weighted by atomic mass is 9.78. The Morgan fingerprint density at radius 1 is 1.26 bits per heavy atom. The third kappa shape index (κ3) is 3.96. The van der Waals surface area contributed by atoms with Crippen molar-refractivity contribution in [1.29, 1.82) is 0 Å². The number of carbonyl (C=O) groups is 1. The first-order valence-corrected chi connectivity index (χ1v) is 9.83. The Labute approximate surface area is 175 Å². The van der Waals surface area contributed by atoms with E-state index in [9.17, 15) is 22.4 Å². The molecule has 5 nitrogen and oxygen atoms in total. The van der Waals surface area contributed by atoms with Crippen molar-refractivity contribution in [3.63, 3.8) is 0 Å². The maximum atomic E-state index is 14.0. The van der Waals surface area contributed by atoms with Crippen LogP contribution < -0.4 is 4.74 Å². The summed E-state index contributed by atoms with van der Waals surface area (Å²) in [6.07, 6.45) is 0.781. The molecule has 1 fully saturated rings. The maximum absolute atomic E-state index is 14.0. The van der Waals surface area contributed by atoms with Crippen molar-refractivity contribution in [3.8, 4) is 5.75 Å². The third-order valence-electron chi connectivity index (χ3n) is 5.23. The maximum Gasteiger partial charge on any atom is 0.357 e. The molecule has 0 amide bonds. The van der Waals surface area contributed by atoms with Crippen LogP contribution in [-0.4, -0.2) is 27.9 Å². The van der Waals surface area contributed by atoms with Crippen LogP contribution in [-0.2, 0) is 11.3 Å². The number of fused-ring (bicyclic) bond motifs is 1. The van der Waals surface area contributed by atoms with Crippen molar-refractivity contribution in [2.75, 3.05) is 6.61 Å². The molecule has 3 aromatic rings. The number of esters is 1. The van der Waals surface area contributed by atoms with Gasteiger partial charge in [0.2, 0.25) is 5.92 Å². The summed E-state index contributed by atoms with van der Waals surface area (Å²) >= 11 is 0. The number of aryl methyl sites for hydroxylation is 1. The molecular weight excluding hydrogens is 416 g/mol. The highest BCUT2D eigenvalue weighted by atomic mass is 19.3. The van der Waals surface area contributed by atoms with Gasteiger partial charge in [-0.15, -0.1) is 0 Å². The van der Waals surface area contributed by atoms with Crippen LogP contribution in [0.1, 0.15) is 53.0 Å². The van der Waals surface area contributed by atoms with Crippen LogP contribution in [0.4, 0.5) is 17.6 Å². The average Bonchev–Trinajstić information content (AvgIpc) is 3.04. The van der Waals surface area contributed by atoms with E-state index in [1.165, 1.54) is 10.5 Å². The fraction of sp³-hybridized carbons (Fsp3) is 0.364. The van der Waals surface area contributed by atoms with Crippen molar-refractivity contribution in [3.05, 3.63) is 64.6 Å². The fourth-order valence-corrected chi connectivity index (χ4v) is 3.73. The first kappa shape index (κ1) is 21.1. The third-order valence-corrected chi connectivity index (χ3v) is 5.23. The first-order chi connectivity index (χ1) is 14.7. The quantitative estimate of drug-likeness (QED) is 0.394. The average molecular weight is 436 g/mol. The smallest absolute Gasteiger partial charge is 0.357 e. The normalized spacial score (nSPS) is 15.7. The van der Waals surface area contributed by atoms with Crippen molar-refractivity contribution < 1.29 is 31.8 Å². The van der Waals surface area contributed by atoms with Crippen LogP contribution in [0.2, 0.25) is 0 Å². The molecule has 0 atom stereocenters. The minimum atomic E-state index is -2.80. The molecule has 0 spiro atoms. The van der Waals surface area contributed by atoms with E-state index in [0.29, 0.717) is 5.56 Å². The Hall–Kier alpha value is -3.10. The molecule has 0 N–H and O–H groups in total. The highest BCUT2D eigenvalue weighted by Crippen LogP contribution is 2.49. The number of carbonyl (C=O) groups excluding carboxylic acids is 1. The molecule has 1 saturated carbocycles. The standard InChI is InChI=1S/C22H20F4N2O3/c1-3-30-21(29)19-18(13-8-22(25,26)9-13)27-20-17(7-12(2)10-28(19)20)31-11-14-15(23)5-4-6-16(14)24/h4-7,10,13H,3,8-9,11H2,1-2H3. The van der Waals surface area contributed by atoms with Gasteiger partial charge in [-0.1, -0.05) is 6.07 Å². The summed E-state index contributed by atoms with van der Waals surface area (Å²) in [5.74, 6) is -5.42. The number of ether oxygens (including phenoxy) is 2. The van der Waals surface area contributed by atoms with Gasteiger partial charge in [0.15, 0.2) is 17.1 Å². The number of halogens is 4. The lowest BCUT2D eigenvalue weighted by molar-refractivity contribution is -0.0877. The second-order valence-electron chi connectivity index (χ2n) is 7.59. The van der Waals surface area contributed by atoms with Crippen molar-refractivity contribution in [1.82, 2.24) is 9.38 Å². The predicted octanol–water partition coefficient (Wildman–Crippen LogP) is 5.19. The van der Waals surface area contributed by atoms with Gasteiger partial charge in [0.25, 0.3) is 0 Å². The van der Waals surface area contributed by atoms with E-state index in [4.69, 9.17) is 9.47 Å². The van der Waals surface area contributed by atoms with Crippen molar-refractivity contribution in [2.24, 2.45) is 0 Å². The molecule has 4 rings (SSSR count). The first-order valence-electron chi connectivity index (χ1n) is 9.83. The SMILES string of the molecule is CCOC(=O)c1c(C2CC(F)(F)C2)nc2c(OCc3c(F)cccc3F)cc(C)cn12. The summed E-state index contributed by atoms with van der Waals surface area (Å²) in [7, 11) is 0. The van der Waals surface area contributed by atoms with Gasteiger partial charge in [0.05, 0.1) is 17.9 Å². The molecule has 0 unspecified atom stereocenters. The van der Waals surface area contributed by atoms with E-state index < -0.39 is 48.9 Å². The van der Waals surface area contributed by atoms with Crippen molar-refractivity contribution in [2.45, 2.75) is 45.1 Å². The molecule has 31 heavy (non-hydrogen) atoms. The molecule has 0 radical (unpaired) electrons. The highest BCUT2D eigenvalue weighted by Gasteiger charge is 2.48. The fourth-order valence-electron chi connectivity index (χ4n) is 3.73. The van der Waals surface area contributed by atoms with E-state index in [2.05, 4.69) is 4.98 Å². The lowest BCUT2D eigenvalue weighted by Gasteiger charge is -2.34. The zero-order valence-electron chi connectivity index (χ0n) is 16.9. The Morgan fingerprint density at radius 2 is 1.94 bits per heavy atom. The number of rotatable bonds is 6. The van der Waals surface area contributed by atoms with Gasteiger partial charge in [-0.2, -0.15) is 0 Å². The van der Waals surface area contributed by atoms with Gasteiger partial charge in [0, 0.05) is 25.0 Å². The van der Waals surface area contributed by atoms with E-state index >= 15 is 0 Å². The lowest BCUT2D eigenvalue weighted by Crippen LogP contribution is -2.34. The summed E-state index contributed by atoms with van der Waals surface area (Å²) in [6, 6.07) is 5.10. The largest absolute Gasteiger partial charge is 0.485 e. The van der Waals surface area contributed by atoms with Crippen LogP contribution >= 0.6 is 0 Å². The molecule has 1 aromatic carbocycles. The Morgan fingerprint density at radius 3 is 2.55 bits per heavy atom. The molecule has 164 valence electrons. The number of hydrogen-bond donors (Lipinski definition) is 0. The number of nitrogens with zero attached hydrogens (tertiary/aromatic N) is 2. The molecule has 9 heteroatoms. The van der Waals surface area contributed by atoms with E-state index in [1.54, 1.807) is 26.1 Å². The second kappa shape index (κ2) is 7.86. The van der Waals surface area contributed by atoms with E-state index in [0.717, 1.165) is 12.1 Å². The highest BCUT2D eigenvalue weighted by molar-refractivity contribution is 5.91. The number of aromatic nitrogens is 2. The van der Waals surface area contributed by atoms with Gasteiger partial charge >= 0.3 is 5.97 Å². The van der Waals surface area contributed by atoms with Crippen LogP contribution in [0, 0.1) is 18.6 Å². The second-order valence-corrected chi connectivity index (χ2v) is 7.59. The van der Waals surface area contributed by atoms with Crippen LogP contribution in [0.25, 0.3) is 5.65 Å². The number of hydrogen-bond acceptors (Lipinski definition) is 4. The molecule has 0 aliphatic heterocycles. The summed E-state index contributed by atoms with van der Waals surface area (Å²) in [5, 5.41) is 0.